The Balaban J connectivity index is 0.000000394. The Kier molecular flexibility index (Phi) is 6.84. The summed E-state index contributed by atoms with van der Waals surface area (Å²) in [6.45, 7) is 8.25. The largest absolute Gasteiger partial charge is 0.386 e. The van der Waals surface area contributed by atoms with E-state index in [1.54, 1.807) is 24.3 Å². The average molecular weight is 222 g/mol. The van der Waals surface area contributed by atoms with Gasteiger partial charge in [0.15, 0.2) is 0 Å². The van der Waals surface area contributed by atoms with Crippen LogP contribution in [0.2, 0.25) is 0 Å². The molecule has 0 amide bonds. The number of benzene rings is 1. The summed E-state index contributed by atoms with van der Waals surface area (Å²) < 4.78 is 4.35. The highest BCUT2D eigenvalue weighted by Gasteiger charge is 2.28. The average Bonchev–Trinajstić information content (AvgIpc) is 2.60. The van der Waals surface area contributed by atoms with Gasteiger partial charge in [-0.25, -0.2) is 9.59 Å². The third-order valence-corrected chi connectivity index (χ3v) is 1.55. The van der Waals surface area contributed by atoms with Gasteiger partial charge in [-0.3, -0.25) is 0 Å². The van der Waals surface area contributed by atoms with Crippen molar-refractivity contribution in [3.8, 4) is 0 Å². The number of hydrogen-bond donors (Lipinski definition) is 0. The molecule has 0 bridgehead atoms. The molecule has 88 valence electrons. The van der Waals surface area contributed by atoms with E-state index in [1.165, 1.54) is 6.42 Å². The number of esters is 2. The summed E-state index contributed by atoms with van der Waals surface area (Å²) in [7, 11) is 0. The summed E-state index contributed by atoms with van der Waals surface area (Å²) in [5.74, 6) is -1.10. The second-order valence-electron chi connectivity index (χ2n) is 2.93. The van der Waals surface area contributed by atoms with Gasteiger partial charge in [0.25, 0.3) is 0 Å². The third kappa shape index (κ3) is 3.50. The van der Waals surface area contributed by atoms with Crippen molar-refractivity contribution in [3.05, 3.63) is 35.4 Å². The van der Waals surface area contributed by atoms with Gasteiger partial charge in [-0.15, -0.1) is 0 Å². The van der Waals surface area contributed by atoms with E-state index in [-0.39, 0.29) is 0 Å². The summed E-state index contributed by atoms with van der Waals surface area (Å²) in [6.07, 6.45) is 1.25. The van der Waals surface area contributed by atoms with Gasteiger partial charge in [0.2, 0.25) is 0 Å². The molecule has 0 spiro atoms. The van der Waals surface area contributed by atoms with Gasteiger partial charge < -0.3 is 4.74 Å². The van der Waals surface area contributed by atoms with E-state index in [1.807, 2.05) is 13.8 Å². The third-order valence-electron chi connectivity index (χ3n) is 1.55. The molecule has 0 aromatic heterocycles. The Morgan fingerprint density at radius 1 is 0.938 bits per heavy atom. The standard InChI is InChI=1S/C8H4O3.C3H8.C2H6/c9-7-5-3-1-2-4-6(5)8(10)11-7;1-3-2;1-2/h1-4H;3H2,1-2H3;1-2H3. The molecule has 1 aromatic rings. The first-order chi connectivity index (χ1) is 7.70. The van der Waals surface area contributed by atoms with Gasteiger partial charge in [0, 0.05) is 0 Å². The first kappa shape index (κ1) is 14.4. The number of hydrogen-bond acceptors (Lipinski definition) is 3. The minimum atomic E-state index is -0.550. The van der Waals surface area contributed by atoms with Gasteiger partial charge >= 0.3 is 11.9 Å². The van der Waals surface area contributed by atoms with Crippen LogP contribution in [0.5, 0.6) is 0 Å². The lowest BCUT2D eigenvalue weighted by Crippen LogP contribution is -1.96. The van der Waals surface area contributed by atoms with E-state index in [4.69, 9.17) is 0 Å². The predicted molar refractivity (Wildman–Crippen MR) is 63.5 cm³/mol. The van der Waals surface area contributed by atoms with Crippen LogP contribution in [0.15, 0.2) is 24.3 Å². The summed E-state index contributed by atoms with van der Waals surface area (Å²) in [6, 6.07) is 6.53. The van der Waals surface area contributed by atoms with Crippen molar-refractivity contribution in [2.24, 2.45) is 0 Å². The van der Waals surface area contributed by atoms with Crippen LogP contribution in [-0.2, 0) is 4.74 Å². The molecule has 1 aliphatic rings. The van der Waals surface area contributed by atoms with E-state index in [2.05, 4.69) is 18.6 Å². The predicted octanol–water partition coefficient (Wildman–Crippen LogP) is 3.44. The molecule has 0 fully saturated rings. The molecule has 0 saturated heterocycles. The van der Waals surface area contributed by atoms with Crippen LogP contribution in [0.1, 0.15) is 54.8 Å². The topological polar surface area (TPSA) is 43.4 Å². The lowest BCUT2D eigenvalue weighted by Gasteiger charge is -1.86. The van der Waals surface area contributed by atoms with Crippen molar-refractivity contribution < 1.29 is 14.3 Å². The minimum Gasteiger partial charge on any atom is -0.386 e. The molecule has 0 atom stereocenters. The zero-order valence-electron chi connectivity index (χ0n) is 10.2. The van der Waals surface area contributed by atoms with Crippen molar-refractivity contribution in [1.29, 1.82) is 0 Å². The van der Waals surface area contributed by atoms with Gasteiger partial charge in [-0.2, -0.15) is 0 Å². The van der Waals surface area contributed by atoms with E-state index in [9.17, 15) is 9.59 Å². The first-order valence-electron chi connectivity index (χ1n) is 5.56. The highest BCUT2D eigenvalue weighted by molar-refractivity contribution is 6.14. The highest BCUT2D eigenvalue weighted by Crippen LogP contribution is 2.18. The molecule has 0 saturated carbocycles. The second-order valence-corrected chi connectivity index (χ2v) is 2.93. The highest BCUT2D eigenvalue weighted by atomic mass is 16.6. The van der Waals surface area contributed by atoms with Gasteiger partial charge in [0.05, 0.1) is 11.1 Å². The van der Waals surface area contributed by atoms with E-state index in [0.717, 1.165) is 0 Å². The zero-order valence-corrected chi connectivity index (χ0v) is 10.2. The van der Waals surface area contributed by atoms with Crippen LogP contribution < -0.4 is 0 Å². The molecule has 0 N–H and O–H groups in total. The van der Waals surface area contributed by atoms with Crippen LogP contribution in [0.4, 0.5) is 0 Å². The van der Waals surface area contributed by atoms with Crippen LogP contribution in [-0.4, -0.2) is 11.9 Å². The molecule has 2 rings (SSSR count). The molecule has 0 radical (unpaired) electrons. The fourth-order valence-electron chi connectivity index (χ4n) is 1.03. The molecule has 3 nitrogen and oxygen atoms in total. The molecule has 16 heavy (non-hydrogen) atoms. The summed E-state index contributed by atoms with van der Waals surface area (Å²) in [5, 5.41) is 0. The number of carbonyl (C=O) groups excluding carboxylic acids is 2. The Bertz CT molecular complexity index is 323. The Labute approximate surface area is 96.4 Å². The van der Waals surface area contributed by atoms with Crippen molar-refractivity contribution in [2.45, 2.75) is 34.1 Å². The molecule has 0 aliphatic carbocycles. The number of cyclic esters (lactones) is 2. The van der Waals surface area contributed by atoms with Crippen LogP contribution in [0.25, 0.3) is 0 Å². The van der Waals surface area contributed by atoms with Crippen molar-refractivity contribution in [1.82, 2.24) is 0 Å². The lowest BCUT2D eigenvalue weighted by molar-refractivity contribution is 0.0444. The maximum absolute atomic E-state index is 10.8. The molecule has 0 unspecified atom stereocenters. The number of fused-ring (bicyclic) bond motifs is 1. The van der Waals surface area contributed by atoms with E-state index in [0.29, 0.717) is 11.1 Å². The van der Waals surface area contributed by atoms with Gasteiger partial charge in [0.1, 0.15) is 0 Å². The maximum Gasteiger partial charge on any atom is 0.346 e. The Morgan fingerprint density at radius 2 is 1.25 bits per heavy atom. The van der Waals surface area contributed by atoms with Crippen molar-refractivity contribution in [2.75, 3.05) is 0 Å². The van der Waals surface area contributed by atoms with Crippen molar-refractivity contribution in [3.63, 3.8) is 0 Å². The van der Waals surface area contributed by atoms with Crippen LogP contribution >= 0.6 is 0 Å². The number of ether oxygens (including phenoxy) is 1. The zero-order chi connectivity index (χ0) is 12.6. The number of carbonyl (C=O) groups is 2. The van der Waals surface area contributed by atoms with Gasteiger partial charge in [-0.05, 0) is 12.1 Å². The Morgan fingerprint density at radius 3 is 1.56 bits per heavy atom. The lowest BCUT2D eigenvalue weighted by atomic mass is 10.1. The maximum atomic E-state index is 10.8. The van der Waals surface area contributed by atoms with E-state index < -0.39 is 11.9 Å². The van der Waals surface area contributed by atoms with Crippen LogP contribution in [0, 0.1) is 0 Å². The number of rotatable bonds is 0. The first-order valence-corrected chi connectivity index (χ1v) is 5.56. The molecular weight excluding hydrogens is 204 g/mol. The fraction of sp³-hybridized carbons (Fsp3) is 0.385. The summed E-state index contributed by atoms with van der Waals surface area (Å²) >= 11 is 0. The smallest absolute Gasteiger partial charge is 0.346 e. The van der Waals surface area contributed by atoms with E-state index >= 15 is 0 Å². The summed E-state index contributed by atoms with van der Waals surface area (Å²) in [4.78, 5) is 21.7. The molecular formula is C13H18O3. The normalized spacial score (nSPS) is 11.5. The van der Waals surface area contributed by atoms with Crippen LogP contribution in [0.3, 0.4) is 0 Å². The van der Waals surface area contributed by atoms with Crippen molar-refractivity contribution >= 4 is 11.9 Å². The molecule has 1 aliphatic heterocycles. The SMILES string of the molecule is CC.CCC.O=C1OC(=O)c2ccccc21. The monoisotopic (exact) mass is 222 g/mol. The molecule has 1 aromatic carbocycles. The Hall–Kier alpha value is -1.64. The summed E-state index contributed by atoms with van der Waals surface area (Å²) in [5.41, 5.74) is 0.718. The van der Waals surface area contributed by atoms with Gasteiger partial charge in [-0.1, -0.05) is 46.2 Å². The quantitative estimate of drug-likeness (QED) is 0.499. The minimum absolute atomic E-state index is 0.359. The fourth-order valence-corrected chi connectivity index (χ4v) is 1.03. The second kappa shape index (κ2) is 7.63. The molecule has 1 heterocycles. The molecule has 3 heteroatoms.